The maximum absolute atomic E-state index is 6.14. The Morgan fingerprint density at radius 1 is 0.490 bits per heavy atom. The quantitative estimate of drug-likeness (QED) is 0.189. The minimum absolute atomic E-state index is 0.263. The van der Waals surface area contributed by atoms with Crippen molar-refractivity contribution in [3.63, 3.8) is 0 Å². The van der Waals surface area contributed by atoms with Crippen LogP contribution >= 0.6 is 0 Å². The van der Waals surface area contributed by atoms with Gasteiger partial charge in [-0.2, -0.15) is 0 Å². The zero-order valence-corrected chi connectivity index (χ0v) is 26.8. The van der Waals surface area contributed by atoms with E-state index in [0.717, 1.165) is 39.0 Å². The molecule has 49 heavy (non-hydrogen) atoms. The largest absolute Gasteiger partial charge is 0.456 e. The van der Waals surface area contributed by atoms with Crippen molar-refractivity contribution in [3.05, 3.63) is 188 Å². The molecule has 0 saturated heterocycles. The Labute approximate surface area is 285 Å². The van der Waals surface area contributed by atoms with Crippen LogP contribution in [0.4, 0.5) is 28.4 Å². The number of rotatable bonds is 5. The van der Waals surface area contributed by atoms with Crippen LogP contribution in [0.1, 0.15) is 11.5 Å². The second kappa shape index (κ2) is 11.1. The third kappa shape index (κ3) is 4.51. The molecule has 0 fully saturated rings. The molecule has 0 saturated carbocycles. The lowest BCUT2D eigenvalue weighted by Gasteiger charge is -2.29. The summed E-state index contributed by atoms with van der Waals surface area (Å²) in [5, 5.41) is 4.88. The van der Waals surface area contributed by atoms with E-state index in [1.165, 1.54) is 38.8 Å². The molecule has 2 heterocycles. The molecule has 1 aliphatic heterocycles. The highest BCUT2D eigenvalue weighted by molar-refractivity contribution is 6.06. The third-order valence-electron chi connectivity index (χ3n) is 10.2. The molecule has 0 amide bonds. The molecule has 0 radical (unpaired) electrons. The van der Waals surface area contributed by atoms with E-state index in [-0.39, 0.29) is 6.04 Å². The van der Waals surface area contributed by atoms with Crippen LogP contribution in [-0.2, 0) is 0 Å². The van der Waals surface area contributed by atoms with Crippen LogP contribution in [0.3, 0.4) is 0 Å². The van der Waals surface area contributed by atoms with Crippen LogP contribution in [0.15, 0.2) is 186 Å². The highest BCUT2D eigenvalue weighted by Gasteiger charge is 2.38. The normalized spacial score (nSPS) is 16.4. The molecule has 2 atom stereocenters. The van der Waals surface area contributed by atoms with Gasteiger partial charge in [0, 0.05) is 45.1 Å². The minimum Gasteiger partial charge on any atom is -0.456 e. The Kier molecular flexibility index (Phi) is 6.31. The van der Waals surface area contributed by atoms with Gasteiger partial charge in [-0.3, -0.25) is 0 Å². The fourth-order valence-corrected chi connectivity index (χ4v) is 7.92. The van der Waals surface area contributed by atoms with Crippen molar-refractivity contribution in [2.45, 2.75) is 12.0 Å². The van der Waals surface area contributed by atoms with E-state index < -0.39 is 0 Å². The summed E-state index contributed by atoms with van der Waals surface area (Å²) in [7, 11) is 0. The Morgan fingerprint density at radius 2 is 1.14 bits per heavy atom. The van der Waals surface area contributed by atoms with E-state index >= 15 is 0 Å². The molecular weight excluding hydrogens is 597 g/mol. The summed E-state index contributed by atoms with van der Waals surface area (Å²) in [5.74, 6) is 0.332. The van der Waals surface area contributed by atoms with Crippen molar-refractivity contribution in [1.82, 2.24) is 0 Å². The van der Waals surface area contributed by atoms with Gasteiger partial charge in [0.25, 0.3) is 0 Å². The predicted molar refractivity (Wildman–Crippen MR) is 205 cm³/mol. The van der Waals surface area contributed by atoms with E-state index in [4.69, 9.17) is 4.42 Å². The van der Waals surface area contributed by atoms with Crippen molar-refractivity contribution in [2.24, 2.45) is 0 Å². The molecule has 1 aliphatic carbocycles. The maximum atomic E-state index is 6.14. The number of hydrogen-bond donors (Lipinski definition) is 0. The smallest absolute Gasteiger partial charge is 0.135 e. The summed E-state index contributed by atoms with van der Waals surface area (Å²) >= 11 is 0. The van der Waals surface area contributed by atoms with Gasteiger partial charge in [0.05, 0.1) is 6.04 Å². The predicted octanol–water partition coefficient (Wildman–Crippen LogP) is 12.6. The SMILES string of the molecule is C1=CC2c3c(ccc4ccccc34)N(c3ccc(-c4ccc(N(c5ccccc5)c5ccc6oc7ccccc7c6c5)cc4)cc3)C2C=C1. The van der Waals surface area contributed by atoms with Gasteiger partial charge in [0.2, 0.25) is 0 Å². The molecule has 232 valence electrons. The van der Waals surface area contributed by atoms with Crippen molar-refractivity contribution >= 4 is 61.1 Å². The average molecular weight is 629 g/mol. The number of furan rings is 1. The summed E-state index contributed by atoms with van der Waals surface area (Å²) in [6, 6.07) is 56.8. The summed E-state index contributed by atoms with van der Waals surface area (Å²) in [4.78, 5) is 4.82. The average Bonchev–Trinajstić information content (AvgIpc) is 3.72. The second-order valence-corrected chi connectivity index (χ2v) is 12.9. The monoisotopic (exact) mass is 628 g/mol. The van der Waals surface area contributed by atoms with Crippen molar-refractivity contribution in [1.29, 1.82) is 0 Å². The van der Waals surface area contributed by atoms with Crippen LogP contribution in [-0.4, -0.2) is 6.04 Å². The number of hydrogen-bond acceptors (Lipinski definition) is 3. The molecule has 8 aromatic rings. The first-order valence-corrected chi connectivity index (χ1v) is 16.9. The van der Waals surface area contributed by atoms with Crippen molar-refractivity contribution in [3.8, 4) is 11.1 Å². The number of benzene rings is 7. The third-order valence-corrected chi connectivity index (χ3v) is 10.2. The molecule has 10 rings (SSSR count). The van der Waals surface area contributed by atoms with Gasteiger partial charge >= 0.3 is 0 Å². The fourth-order valence-electron chi connectivity index (χ4n) is 7.92. The van der Waals surface area contributed by atoms with E-state index in [1.807, 2.05) is 12.1 Å². The number of nitrogens with zero attached hydrogens (tertiary/aromatic N) is 2. The van der Waals surface area contributed by atoms with Crippen LogP contribution in [0, 0.1) is 0 Å². The maximum Gasteiger partial charge on any atom is 0.135 e. The highest BCUT2D eigenvalue weighted by atomic mass is 16.3. The van der Waals surface area contributed by atoms with Gasteiger partial charge in [-0.05, 0) is 94.2 Å². The lowest BCUT2D eigenvalue weighted by molar-refractivity contribution is 0.669. The second-order valence-electron chi connectivity index (χ2n) is 12.9. The number of fused-ring (bicyclic) bond motifs is 8. The molecule has 1 aromatic heterocycles. The van der Waals surface area contributed by atoms with Crippen LogP contribution in [0.5, 0.6) is 0 Å². The van der Waals surface area contributed by atoms with Crippen LogP contribution in [0.25, 0.3) is 43.8 Å². The van der Waals surface area contributed by atoms with E-state index in [9.17, 15) is 0 Å². The molecule has 0 spiro atoms. The van der Waals surface area contributed by atoms with Crippen molar-refractivity contribution in [2.75, 3.05) is 9.80 Å². The Hall–Kier alpha value is -6.32. The zero-order valence-electron chi connectivity index (χ0n) is 26.8. The zero-order chi connectivity index (χ0) is 32.3. The van der Waals surface area contributed by atoms with Crippen LogP contribution < -0.4 is 9.80 Å². The van der Waals surface area contributed by atoms with Gasteiger partial charge in [0.15, 0.2) is 0 Å². The van der Waals surface area contributed by atoms with Gasteiger partial charge in [-0.1, -0.05) is 115 Å². The number of para-hydroxylation sites is 2. The molecule has 0 N–H and O–H groups in total. The summed E-state index contributed by atoms with van der Waals surface area (Å²) < 4.78 is 6.14. The fraction of sp³-hybridized carbons (Fsp3) is 0.0435. The standard InChI is InChI=1S/C46H32N2O/c1-2-11-34(12-3-1)47(37-27-29-45-41(30-37)39-14-7-9-17-44(39)49-45)35-23-18-31(19-24-35)32-20-25-36(26-21-32)48-42-16-8-6-15-40(42)46-38-13-5-4-10-33(38)22-28-43(46)48/h1-30,40,42H. The number of allylic oxidation sites excluding steroid dienone is 2. The molecule has 2 aliphatic rings. The van der Waals surface area contributed by atoms with E-state index in [0.29, 0.717) is 5.92 Å². The summed E-state index contributed by atoms with van der Waals surface area (Å²) in [5.41, 5.74) is 11.4. The minimum atomic E-state index is 0.263. The van der Waals surface area contributed by atoms with E-state index in [2.05, 4.69) is 180 Å². The first-order chi connectivity index (χ1) is 24.3. The van der Waals surface area contributed by atoms with E-state index in [1.54, 1.807) is 0 Å². The summed E-state index contributed by atoms with van der Waals surface area (Å²) in [6.45, 7) is 0. The van der Waals surface area contributed by atoms with Crippen molar-refractivity contribution < 1.29 is 4.42 Å². The van der Waals surface area contributed by atoms with Gasteiger partial charge in [0.1, 0.15) is 11.2 Å². The molecule has 0 bridgehead atoms. The summed E-state index contributed by atoms with van der Waals surface area (Å²) in [6.07, 6.45) is 9.09. The molecule has 3 heteroatoms. The van der Waals surface area contributed by atoms with Crippen LogP contribution in [0.2, 0.25) is 0 Å². The molecular formula is C46H32N2O. The lowest BCUT2D eigenvalue weighted by Crippen LogP contribution is -2.28. The Bertz CT molecular complexity index is 2560. The lowest BCUT2D eigenvalue weighted by atomic mass is 9.88. The molecule has 2 unspecified atom stereocenters. The molecule has 7 aromatic carbocycles. The molecule has 3 nitrogen and oxygen atoms in total. The Morgan fingerprint density at radius 3 is 1.98 bits per heavy atom. The topological polar surface area (TPSA) is 19.6 Å². The van der Waals surface area contributed by atoms with Gasteiger partial charge in [-0.15, -0.1) is 0 Å². The van der Waals surface area contributed by atoms with Gasteiger partial charge in [-0.25, -0.2) is 0 Å². The first kappa shape index (κ1) is 27.8. The van der Waals surface area contributed by atoms with Gasteiger partial charge < -0.3 is 14.2 Å². The first-order valence-electron chi connectivity index (χ1n) is 16.9. The number of anilines is 5. The Balaban J connectivity index is 0.994. The highest BCUT2D eigenvalue weighted by Crippen LogP contribution is 2.50.